The fourth-order valence-electron chi connectivity index (χ4n) is 7.29. The molecule has 3 fully saturated rings. The molecule has 0 bridgehead atoms. The van der Waals surface area contributed by atoms with Gasteiger partial charge in [0.25, 0.3) is 0 Å². The number of aryl methyl sites for hydroxylation is 1. The van der Waals surface area contributed by atoms with Crippen LogP contribution < -0.4 is 20.1 Å². The molecule has 1 atom stereocenters. The first kappa shape index (κ1) is 33.3. The summed E-state index contributed by atoms with van der Waals surface area (Å²) in [6, 6.07) is 15.8. The van der Waals surface area contributed by atoms with Crippen molar-refractivity contribution in [3.05, 3.63) is 76.0 Å². The van der Waals surface area contributed by atoms with Crippen LogP contribution in [0.1, 0.15) is 43.4 Å². The minimum atomic E-state index is 0.0586. The third kappa shape index (κ3) is 6.82. The monoisotopic (exact) mass is 700 g/mol. The van der Waals surface area contributed by atoms with E-state index in [9.17, 15) is 9.59 Å². The SMILES string of the molecule is COc1nc(-c2cccc(-c3cccc(-c4cnc(CCC[C@@H]5CCC(=O)N5)c(OC)n4)c3Cl)c2Cl)ccc1CN1CC2(CNC(=O)C2)C1. The van der Waals surface area contributed by atoms with Gasteiger partial charge in [0, 0.05) is 78.3 Å². The van der Waals surface area contributed by atoms with Gasteiger partial charge in [-0.25, -0.2) is 9.97 Å². The lowest BCUT2D eigenvalue weighted by atomic mass is 9.79. The van der Waals surface area contributed by atoms with E-state index in [0.717, 1.165) is 66.8 Å². The second kappa shape index (κ2) is 13.9. The number of ether oxygens (including phenoxy) is 2. The van der Waals surface area contributed by atoms with Crippen LogP contribution in [-0.2, 0) is 22.6 Å². The molecular weight excluding hydrogens is 663 g/mol. The number of carbonyl (C=O) groups is 2. The first-order chi connectivity index (χ1) is 23.8. The number of hydrogen-bond acceptors (Lipinski definition) is 8. The van der Waals surface area contributed by atoms with Gasteiger partial charge >= 0.3 is 0 Å². The molecule has 4 aromatic rings. The molecule has 3 aliphatic heterocycles. The van der Waals surface area contributed by atoms with Crippen molar-refractivity contribution in [1.82, 2.24) is 30.5 Å². The molecule has 3 aliphatic rings. The summed E-state index contributed by atoms with van der Waals surface area (Å²) in [6.07, 6.45) is 6.24. The molecule has 2 aromatic heterocycles. The molecule has 5 heterocycles. The van der Waals surface area contributed by atoms with Gasteiger partial charge in [0.15, 0.2) is 0 Å². The van der Waals surface area contributed by atoms with Crippen LogP contribution in [0, 0.1) is 5.41 Å². The first-order valence-electron chi connectivity index (χ1n) is 16.6. The molecule has 3 saturated heterocycles. The van der Waals surface area contributed by atoms with Crippen LogP contribution in [0.2, 0.25) is 10.0 Å². The average molecular weight is 702 g/mol. The highest BCUT2D eigenvalue weighted by molar-refractivity contribution is 6.39. The molecule has 2 N–H and O–H groups in total. The van der Waals surface area contributed by atoms with E-state index in [-0.39, 0.29) is 23.3 Å². The Balaban J connectivity index is 1.10. The zero-order valence-electron chi connectivity index (χ0n) is 27.5. The molecule has 0 saturated carbocycles. The summed E-state index contributed by atoms with van der Waals surface area (Å²) >= 11 is 14.2. The second-order valence-electron chi connectivity index (χ2n) is 13.2. The molecule has 7 rings (SSSR count). The average Bonchev–Trinajstić information content (AvgIpc) is 3.70. The number of benzene rings is 2. The molecule has 254 valence electrons. The highest BCUT2D eigenvalue weighted by Gasteiger charge is 2.48. The van der Waals surface area contributed by atoms with Gasteiger partial charge in [0.05, 0.1) is 41.8 Å². The lowest BCUT2D eigenvalue weighted by molar-refractivity contribution is -0.121. The van der Waals surface area contributed by atoms with E-state index in [4.69, 9.17) is 47.6 Å². The van der Waals surface area contributed by atoms with Gasteiger partial charge in [-0.15, -0.1) is 0 Å². The fourth-order valence-corrected chi connectivity index (χ4v) is 7.94. The van der Waals surface area contributed by atoms with E-state index in [1.807, 2.05) is 48.5 Å². The predicted octanol–water partition coefficient (Wildman–Crippen LogP) is 6.12. The van der Waals surface area contributed by atoms with Gasteiger partial charge in [-0.1, -0.05) is 65.7 Å². The summed E-state index contributed by atoms with van der Waals surface area (Å²) in [5.41, 5.74) is 6.06. The van der Waals surface area contributed by atoms with Gasteiger partial charge < -0.3 is 20.1 Å². The quantitative estimate of drug-likeness (QED) is 0.192. The van der Waals surface area contributed by atoms with Gasteiger partial charge in [-0.3, -0.25) is 19.5 Å². The van der Waals surface area contributed by atoms with Crippen LogP contribution in [0.5, 0.6) is 11.8 Å². The number of amides is 2. The van der Waals surface area contributed by atoms with Gasteiger partial charge in [-0.05, 0) is 31.7 Å². The maximum Gasteiger partial charge on any atom is 0.235 e. The van der Waals surface area contributed by atoms with Crippen molar-refractivity contribution in [2.45, 2.75) is 51.1 Å². The lowest BCUT2D eigenvalue weighted by Gasteiger charge is -2.47. The molecule has 12 heteroatoms. The minimum Gasteiger partial charge on any atom is -0.481 e. The normalized spacial score (nSPS) is 18.3. The standard InChI is InChI=1S/C37H38Cl2N6O4/c1-48-35-22(18-45-20-37(21-45)16-32(47)41-19-37)12-14-28(43-35)26-9-4-7-24(33(26)38)25-8-5-10-27(34(25)39)30-17-40-29(36(44-30)49-2)11-3-6-23-13-15-31(46)42-23/h4-5,7-10,12,14,17,23H,3,6,11,13,15-16,18-21H2,1-2H3,(H,41,47)(H,42,46)/t23-/m1/s1. The Morgan fingerprint density at radius 3 is 2.18 bits per heavy atom. The molecule has 0 radical (unpaired) electrons. The van der Waals surface area contributed by atoms with Crippen molar-refractivity contribution in [2.24, 2.45) is 5.41 Å². The molecule has 49 heavy (non-hydrogen) atoms. The highest BCUT2D eigenvalue weighted by Crippen LogP contribution is 2.43. The maximum absolute atomic E-state index is 11.7. The van der Waals surface area contributed by atoms with E-state index in [1.165, 1.54) is 0 Å². The van der Waals surface area contributed by atoms with Crippen LogP contribution in [0.4, 0.5) is 0 Å². The number of hydrogen-bond donors (Lipinski definition) is 2. The zero-order valence-corrected chi connectivity index (χ0v) is 29.0. The number of nitrogens with zero attached hydrogens (tertiary/aromatic N) is 4. The number of likely N-dealkylation sites (tertiary alicyclic amines) is 1. The fraction of sp³-hybridized carbons (Fsp3) is 0.378. The van der Waals surface area contributed by atoms with E-state index in [0.29, 0.717) is 64.6 Å². The zero-order chi connectivity index (χ0) is 34.1. The van der Waals surface area contributed by atoms with Crippen molar-refractivity contribution in [2.75, 3.05) is 33.9 Å². The summed E-state index contributed by atoms with van der Waals surface area (Å²) in [5.74, 6) is 1.26. The Morgan fingerprint density at radius 2 is 1.55 bits per heavy atom. The molecule has 0 aliphatic carbocycles. The summed E-state index contributed by atoms with van der Waals surface area (Å²) < 4.78 is 11.3. The molecule has 2 amide bonds. The number of nitrogens with one attached hydrogen (secondary N) is 2. The second-order valence-corrected chi connectivity index (χ2v) is 14.0. The van der Waals surface area contributed by atoms with Gasteiger partial charge in [0.1, 0.15) is 5.69 Å². The van der Waals surface area contributed by atoms with Crippen molar-refractivity contribution < 1.29 is 19.1 Å². The number of methoxy groups -OCH3 is 2. The highest BCUT2D eigenvalue weighted by atomic mass is 35.5. The Kier molecular flexibility index (Phi) is 9.46. The summed E-state index contributed by atoms with van der Waals surface area (Å²) in [6.45, 7) is 3.18. The summed E-state index contributed by atoms with van der Waals surface area (Å²) in [4.78, 5) is 39.9. The van der Waals surface area contributed by atoms with E-state index in [2.05, 4.69) is 15.5 Å². The Morgan fingerprint density at radius 1 is 0.878 bits per heavy atom. The van der Waals surface area contributed by atoms with Crippen molar-refractivity contribution in [3.63, 3.8) is 0 Å². The van der Waals surface area contributed by atoms with Crippen LogP contribution in [0.3, 0.4) is 0 Å². The number of pyridine rings is 1. The smallest absolute Gasteiger partial charge is 0.235 e. The molecule has 0 unspecified atom stereocenters. The maximum atomic E-state index is 11.7. The van der Waals surface area contributed by atoms with Crippen LogP contribution in [0.25, 0.3) is 33.6 Å². The Labute approximate surface area is 295 Å². The Hall–Kier alpha value is -4.25. The lowest BCUT2D eigenvalue weighted by Crippen LogP contribution is -2.56. The van der Waals surface area contributed by atoms with Crippen LogP contribution >= 0.6 is 23.2 Å². The minimum absolute atomic E-state index is 0.0586. The third-order valence-electron chi connectivity index (χ3n) is 9.74. The number of carbonyl (C=O) groups excluding carboxylic acids is 2. The van der Waals surface area contributed by atoms with Crippen molar-refractivity contribution in [1.29, 1.82) is 0 Å². The number of aromatic nitrogens is 3. The summed E-state index contributed by atoms with van der Waals surface area (Å²) in [7, 11) is 3.21. The topological polar surface area (TPSA) is 119 Å². The first-order valence-corrected chi connectivity index (χ1v) is 17.3. The van der Waals surface area contributed by atoms with E-state index in [1.54, 1.807) is 20.4 Å². The molecular formula is C37H38Cl2N6O4. The molecule has 10 nitrogen and oxygen atoms in total. The van der Waals surface area contributed by atoms with E-state index >= 15 is 0 Å². The van der Waals surface area contributed by atoms with Crippen molar-refractivity contribution in [3.8, 4) is 45.4 Å². The van der Waals surface area contributed by atoms with Gasteiger partial charge in [0.2, 0.25) is 23.6 Å². The summed E-state index contributed by atoms with van der Waals surface area (Å²) in [5, 5.41) is 6.99. The third-order valence-corrected chi connectivity index (χ3v) is 10.6. The number of halogens is 2. The molecule has 1 spiro atoms. The van der Waals surface area contributed by atoms with E-state index < -0.39 is 0 Å². The van der Waals surface area contributed by atoms with Crippen LogP contribution in [0.15, 0.2) is 54.7 Å². The van der Waals surface area contributed by atoms with Gasteiger partial charge in [-0.2, -0.15) is 0 Å². The molecule has 2 aromatic carbocycles. The van der Waals surface area contributed by atoms with Crippen LogP contribution in [-0.4, -0.2) is 71.6 Å². The van der Waals surface area contributed by atoms with Crippen molar-refractivity contribution >= 4 is 35.0 Å². The number of rotatable bonds is 11. The largest absolute Gasteiger partial charge is 0.481 e. The predicted molar refractivity (Wildman–Crippen MR) is 189 cm³/mol. The Bertz CT molecular complexity index is 1910.